The van der Waals surface area contributed by atoms with Gasteiger partial charge in [-0.3, -0.25) is 4.79 Å². The highest BCUT2D eigenvalue weighted by atomic mass is 16.5. The number of carbonyl (C=O) groups is 1. The standard InChI is InChI=1S/C15H24N2O2/c1-10(11-7-6-8-12(9-11)19-5)17-14(18)13(16)15(2,3)4/h6-10,13H,16H2,1-5H3,(H,17,18)/t10-,13?/m0/s1. The van der Waals surface area contributed by atoms with Crippen molar-refractivity contribution in [2.45, 2.75) is 39.8 Å². The maximum atomic E-state index is 12.1. The number of nitrogens with two attached hydrogens (primary N) is 1. The molecule has 106 valence electrons. The average Bonchev–Trinajstić information content (AvgIpc) is 2.36. The van der Waals surface area contributed by atoms with E-state index in [4.69, 9.17) is 10.5 Å². The van der Waals surface area contributed by atoms with Gasteiger partial charge >= 0.3 is 0 Å². The van der Waals surface area contributed by atoms with Crippen molar-refractivity contribution in [1.82, 2.24) is 5.32 Å². The SMILES string of the molecule is COc1cccc([C@H](C)NC(=O)C(N)C(C)(C)C)c1. The van der Waals surface area contributed by atoms with Crippen molar-refractivity contribution in [2.24, 2.45) is 11.1 Å². The molecule has 0 saturated carbocycles. The van der Waals surface area contributed by atoms with Crippen LogP contribution >= 0.6 is 0 Å². The van der Waals surface area contributed by atoms with Gasteiger partial charge in [-0.15, -0.1) is 0 Å². The number of hydrogen-bond acceptors (Lipinski definition) is 3. The van der Waals surface area contributed by atoms with Gasteiger partial charge in [-0.05, 0) is 30.0 Å². The van der Waals surface area contributed by atoms with Crippen LogP contribution in [0.5, 0.6) is 5.75 Å². The Bertz CT molecular complexity index is 438. The van der Waals surface area contributed by atoms with E-state index < -0.39 is 6.04 Å². The molecule has 1 rings (SSSR count). The van der Waals surface area contributed by atoms with E-state index in [1.165, 1.54) is 0 Å². The third-order valence-electron chi connectivity index (χ3n) is 3.17. The first-order chi connectivity index (χ1) is 8.75. The van der Waals surface area contributed by atoms with Gasteiger partial charge in [0.05, 0.1) is 19.2 Å². The van der Waals surface area contributed by atoms with Crippen molar-refractivity contribution in [3.05, 3.63) is 29.8 Å². The van der Waals surface area contributed by atoms with E-state index >= 15 is 0 Å². The second kappa shape index (κ2) is 6.06. The van der Waals surface area contributed by atoms with Crippen molar-refractivity contribution >= 4 is 5.91 Å². The molecule has 1 aromatic rings. The van der Waals surface area contributed by atoms with Crippen molar-refractivity contribution in [1.29, 1.82) is 0 Å². The monoisotopic (exact) mass is 264 g/mol. The Labute approximate surface area is 115 Å². The lowest BCUT2D eigenvalue weighted by molar-refractivity contribution is -0.125. The maximum absolute atomic E-state index is 12.1. The number of amides is 1. The molecule has 0 saturated heterocycles. The minimum Gasteiger partial charge on any atom is -0.497 e. The van der Waals surface area contributed by atoms with Gasteiger partial charge in [0.2, 0.25) is 5.91 Å². The zero-order valence-corrected chi connectivity index (χ0v) is 12.4. The summed E-state index contributed by atoms with van der Waals surface area (Å²) in [6.07, 6.45) is 0. The summed E-state index contributed by atoms with van der Waals surface area (Å²) in [4.78, 5) is 12.1. The fraction of sp³-hybridized carbons (Fsp3) is 0.533. The highest BCUT2D eigenvalue weighted by Crippen LogP contribution is 2.21. The molecule has 1 amide bonds. The Morgan fingerprint density at radius 1 is 1.37 bits per heavy atom. The highest BCUT2D eigenvalue weighted by molar-refractivity contribution is 5.82. The zero-order valence-electron chi connectivity index (χ0n) is 12.4. The van der Waals surface area contributed by atoms with Crippen molar-refractivity contribution in [3.63, 3.8) is 0 Å². The number of hydrogen-bond donors (Lipinski definition) is 2. The number of carbonyl (C=O) groups excluding carboxylic acids is 1. The maximum Gasteiger partial charge on any atom is 0.237 e. The van der Waals surface area contributed by atoms with Gasteiger partial charge in [-0.2, -0.15) is 0 Å². The van der Waals surface area contributed by atoms with Crippen molar-refractivity contribution in [2.75, 3.05) is 7.11 Å². The highest BCUT2D eigenvalue weighted by Gasteiger charge is 2.28. The number of methoxy groups -OCH3 is 1. The molecule has 1 aromatic carbocycles. The minimum atomic E-state index is -0.527. The average molecular weight is 264 g/mol. The lowest BCUT2D eigenvalue weighted by atomic mass is 9.86. The van der Waals surface area contributed by atoms with Crippen LogP contribution in [0.25, 0.3) is 0 Å². The third kappa shape index (κ3) is 4.24. The molecule has 0 aliphatic heterocycles. The summed E-state index contributed by atoms with van der Waals surface area (Å²) in [5, 5.41) is 2.93. The van der Waals surface area contributed by atoms with Gasteiger partial charge in [0.25, 0.3) is 0 Å². The summed E-state index contributed by atoms with van der Waals surface area (Å²) in [5.41, 5.74) is 6.68. The van der Waals surface area contributed by atoms with Gasteiger partial charge in [0, 0.05) is 0 Å². The fourth-order valence-corrected chi connectivity index (χ4v) is 1.69. The first kappa shape index (κ1) is 15.5. The second-order valence-electron chi connectivity index (χ2n) is 5.85. The van der Waals surface area contributed by atoms with E-state index in [1.807, 2.05) is 52.0 Å². The van der Waals surface area contributed by atoms with E-state index in [1.54, 1.807) is 7.11 Å². The van der Waals surface area contributed by atoms with E-state index in [2.05, 4.69) is 5.32 Å². The lowest BCUT2D eigenvalue weighted by Crippen LogP contribution is -2.49. The number of rotatable bonds is 4. The van der Waals surface area contributed by atoms with Crippen LogP contribution in [0.1, 0.15) is 39.3 Å². The second-order valence-corrected chi connectivity index (χ2v) is 5.85. The molecular formula is C15H24N2O2. The molecule has 0 heterocycles. The molecule has 4 heteroatoms. The van der Waals surface area contributed by atoms with Crippen LogP contribution in [-0.2, 0) is 4.79 Å². The van der Waals surface area contributed by atoms with E-state index in [0.29, 0.717) is 0 Å². The first-order valence-electron chi connectivity index (χ1n) is 6.45. The molecule has 4 nitrogen and oxygen atoms in total. The summed E-state index contributed by atoms with van der Waals surface area (Å²) in [6.45, 7) is 7.79. The normalized spacial score (nSPS) is 14.6. The molecule has 1 unspecified atom stereocenters. The summed E-state index contributed by atoms with van der Waals surface area (Å²) in [6, 6.07) is 7.01. The molecule has 0 spiro atoms. The van der Waals surface area contributed by atoms with Crippen molar-refractivity contribution < 1.29 is 9.53 Å². The topological polar surface area (TPSA) is 64.3 Å². The zero-order chi connectivity index (χ0) is 14.6. The molecule has 0 aliphatic rings. The Kier molecular flexibility index (Phi) is 4.95. The van der Waals surface area contributed by atoms with Gasteiger partial charge in [-0.25, -0.2) is 0 Å². The van der Waals surface area contributed by atoms with Crippen LogP contribution in [0.2, 0.25) is 0 Å². The number of ether oxygens (including phenoxy) is 1. The third-order valence-corrected chi connectivity index (χ3v) is 3.17. The molecule has 0 radical (unpaired) electrons. The smallest absolute Gasteiger partial charge is 0.237 e. The molecule has 0 bridgehead atoms. The molecular weight excluding hydrogens is 240 g/mol. The molecule has 3 N–H and O–H groups in total. The predicted molar refractivity (Wildman–Crippen MR) is 77.0 cm³/mol. The van der Waals surface area contributed by atoms with Crippen LogP contribution in [0.3, 0.4) is 0 Å². The summed E-state index contributed by atoms with van der Waals surface area (Å²) in [5.74, 6) is 0.640. The van der Waals surface area contributed by atoms with Gasteiger partial charge in [0.15, 0.2) is 0 Å². The van der Waals surface area contributed by atoms with Crippen LogP contribution in [0.4, 0.5) is 0 Å². The van der Waals surface area contributed by atoms with Gasteiger partial charge in [0.1, 0.15) is 5.75 Å². The molecule has 0 aromatic heterocycles. The Morgan fingerprint density at radius 2 is 2.00 bits per heavy atom. The van der Waals surface area contributed by atoms with E-state index in [0.717, 1.165) is 11.3 Å². The molecule has 19 heavy (non-hydrogen) atoms. The largest absolute Gasteiger partial charge is 0.497 e. The van der Waals surface area contributed by atoms with Crippen molar-refractivity contribution in [3.8, 4) is 5.75 Å². The Balaban J connectivity index is 2.74. The predicted octanol–water partition coefficient (Wildman–Crippen LogP) is 2.25. The van der Waals surface area contributed by atoms with Crippen LogP contribution in [-0.4, -0.2) is 19.1 Å². The minimum absolute atomic E-state index is 0.101. The Hall–Kier alpha value is -1.55. The molecule has 0 aliphatic carbocycles. The Morgan fingerprint density at radius 3 is 2.53 bits per heavy atom. The van der Waals surface area contributed by atoms with Gasteiger partial charge in [-0.1, -0.05) is 32.9 Å². The van der Waals surface area contributed by atoms with E-state index in [-0.39, 0.29) is 17.4 Å². The summed E-state index contributed by atoms with van der Waals surface area (Å²) < 4.78 is 5.17. The summed E-state index contributed by atoms with van der Waals surface area (Å²) in [7, 11) is 1.62. The molecule has 0 fully saturated rings. The van der Waals surface area contributed by atoms with Crippen LogP contribution in [0.15, 0.2) is 24.3 Å². The molecule has 2 atom stereocenters. The number of benzene rings is 1. The van der Waals surface area contributed by atoms with Crippen LogP contribution < -0.4 is 15.8 Å². The quantitative estimate of drug-likeness (QED) is 0.876. The summed E-state index contributed by atoms with van der Waals surface area (Å²) >= 11 is 0. The van der Waals surface area contributed by atoms with E-state index in [9.17, 15) is 4.79 Å². The fourth-order valence-electron chi connectivity index (χ4n) is 1.69. The number of nitrogens with one attached hydrogen (secondary N) is 1. The first-order valence-corrected chi connectivity index (χ1v) is 6.45. The van der Waals surface area contributed by atoms with Crippen LogP contribution in [0, 0.1) is 5.41 Å². The van der Waals surface area contributed by atoms with Gasteiger partial charge < -0.3 is 15.8 Å². The lowest BCUT2D eigenvalue weighted by Gasteiger charge is -2.27.